The van der Waals surface area contributed by atoms with E-state index in [0.717, 1.165) is 0 Å². The number of nitrogens with zero attached hydrogens (tertiary/aromatic N) is 2. The summed E-state index contributed by atoms with van der Waals surface area (Å²) in [7, 11) is 1.48. The predicted octanol–water partition coefficient (Wildman–Crippen LogP) is 2.99. The molecule has 2 heterocycles. The fourth-order valence-corrected chi connectivity index (χ4v) is 2.26. The second-order valence-corrected chi connectivity index (χ2v) is 5.33. The number of methoxy groups -OCH3 is 1. The van der Waals surface area contributed by atoms with Gasteiger partial charge in [0.2, 0.25) is 0 Å². The molecule has 1 aromatic carbocycles. The minimum Gasteiger partial charge on any atom is -0.497 e. The smallest absolute Gasteiger partial charge is 0.255 e. The highest BCUT2D eigenvalue weighted by Gasteiger charge is 2.14. The highest BCUT2D eigenvalue weighted by atomic mass is 16.5. The normalized spacial score (nSPS) is 10.0. The van der Waals surface area contributed by atoms with E-state index in [1.807, 2.05) is 0 Å². The fourth-order valence-electron chi connectivity index (χ4n) is 2.26. The molecule has 7 nitrogen and oxygen atoms in total. The van der Waals surface area contributed by atoms with E-state index in [0.29, 0.717) is 28.3 Å². The van der Waals surface area contributed by atoms with Crippen molar-refractivity contribution in [1.82, 2.24) is 9.97 Å². The Balaban J connectivity index is 1.84. The summed E-state index contributed by atoms with van der Waals surface area (Å²) >= 11 is 0. The molecule has 0 bridgehead atoms. The number of pyridine rings is 2. The maximum absolute atomic E-state index is 12.5. The zero-order chi connectivity index (χ0) is 18.4. The number of carbonyl (C=O) groups is 2. The Kier molecular flexibility index (Phi) is 5.19. The number of hydrogen-bond donors (Lipinski definition) is 2. The van der Waals surface area contributed by atoms with Crippen molar-refractivity contribution in [3.05, 3.63) is 78.4 Å². The van der Waals surface area contributed by atoms with Gasteiger partial charge in [-0.2, -0.15) is 0 Å². The SMILES string of the molecule is COc1cc(C(=O)Nc2ccncc2)cc(C(=O)Nc2ccncc2)c1. The average Bonchev–Trinajstić information content (AvgIpc) is 2.69. The Morgan fingerprint density at radius 2 is 1.19 bits per heavy atom. The Morgan fingerprint density at radius 3 is 1.58 bits per heavy atom. The molecule has 0 saturated carbocycles. The van der Waals surface area contributed by atoms with E-state index in [4.69, 9.17) is 4.74 Å². The number of hydrogen-bond acceptors (Lipinski definition) is 5. The monoisotopic (exact) mass is 348 g/mol. The third kappa shape index (κ3) is 4.21. The predicted molar refractivity (Wildman–Crippen MR) is 97.4 cm³/mol. The van der Waals surface area contributed by atoms with E-state index < -0.39 is 0 Å². The van der Waals surface area contributed by atoms with Gasteiger partial charge in [0.25, 0.3) is 11.8 Å². The van der Waals surface area contributed by atoms with Gasteiger partial charge in [0.1, 0.15) is 5.75 Å². The lowest BCUT2D eigenvalue weighted by Gasteiger charge is -2.10. The van der Waals surface area contributed by atoms with Crippen LogP contribution in [0.1, 0.15) is 20.7 Å². The second-order valence-electron chi connectivity index (χ2n) is 5.33. The standard InChI is InChI=1S/C19H16N4O3/c1-26-17-11-13(18(24)22-15-2-6-20-7-3-15)10-14(12-17)19(25)23-16-4-8-21-9-5-16/h2-12H,1H3,(H,20,22,24)(H,21,23,25). The van der Waals surface area contributed by atoms with Gasteiger partial charge in [0.05, 0.1) is 7.11 Å². The molecule has 2 aromatic heterocycles. The molecule has 130 valence electrons. The minimum absolute atomic E-state index is 0.307. The maximum atomic E-state index is 12.5. The van der Waals surface area contributed by atoms with Gasteiger partial charge in [0.15, 0.2) is 0 Å². The van der Waals surface area contributed by atoms with Crippen LogP contribution in [0, 0.1) is 0 Å². The van der Waals surface area contributed by atoms with Crippen molar-refractivity contribution in [2.45, 2.75) is 0 Å². The summed E-state index contributed by atoms with van der Waals surface area (Å²) in [5.74, 6) is -0.298. The molecule has 0 aliphatic carbocycles. The molecule has 26 heavy (non-hydrogen) atoms. The lowest BCUT2D eigenvalue weighted by atomic mass is 10.1. The summed E-state index contributed by atoms with van der Waals surface area (Å²) in [4.78, 5) is 32.8. The zero-order valence-corrected chi connectivity index (χ0v) is 14.0. The summed E-state index contributed by atoms with van der Waals surface area (Å²) in [5, 5.41) is 5.50. The van der Waals surface area contributed by atoms with E-state index in [-0.39, 0.29) is 11.8 Å². The van der Waals surface area contributed by atoms with Crippen LogP contribution < -0.4 is 15.4 Å². The molecule has 0 saturated heterocycles. The molecule has 0 fully saturated rings. The van der Waals surface area contributed by atoms with Crippen molar-refractivity contribution in [2.24, 2.45) is 0 Å². The Hall–Kier alpha value is -3.74. The van der Waals surface area contributed by atoms with E-state index in [2.05, 4.69) is 20.6 Å². The molecule has 2 N–H and O–H groups in total. The van der Waals surface area contributed by atoms with Gasteiger partial charge >= 0.3 is 0 Å². The van der Waals surface area contributed by atoms with Gasteiger partial charge < -0.3 is 15.4 Å². The molecule has 3 rings (SSSR count). The highest BCUT2D eigenvalue weighted by Crippen LogP contribution is 2.19. The molecule has 0 aliphatic heterocycles. The van der Waals surface area contributed by atoms with Crippen LogP contribution in [0.5, 0.6) is 5.75 Å². The van der Waals surface area contributed by atoms with Crippen LogP contribution in [0.25, 0.3) is 0 Å². The number of carbonyl (C=O) groups excluding carboxylic acids is 2. The number of benzene rings is 1. The number of ether oxygens (including phenoxy) is 1. The molecule has 0 aliphatic rings. The quantitative estimate of drug-likeness (QED) is 0.739. The van der Waals surface area contributed by atoms with Gasteiger partial charge in [0, 0.05) is 47.3 Å². The number of nitrogens with one attached hydrogen (secondary N) is 2. The lowest BCUT2D eigenvalue weighted by Crippen LogP contribution is -2.16. The van der Waals surface area contributed by atoms with E-state index in [1.165, 1.54) is 13.2 Å². The van der Waals surface area contributed by atoms with E-state index in [1.54, 1.807) is 61.2 Å². The second kappa shape index (κ2) is 7.89. The van der Waals surface area contributed by atoms with Crippen LogP contribution in [0.2, 0.25) is 0 Å². The first kappa shape index (κ1) is 17.1. The van der Waals surface area contributed by atoms with Crippen LogP contribution in [-0.4, -0.2) is 28.9 Å². The molecular formula is C19H16N4O3. The van der Waals surface area contributed by atoms with Crippen LogP contribution in [0.3, 0.4) is 0 Å². The van der Waals surface area contributed by atoms with Crippen LogP contribution in [0.15, 0.2) is 67.3 Å². The van der Waals surface area contributed by atoms with Gasteiger partial charge in [-0.1, -0.05) is 0 Å². The van der Waals surface area contributed by atoms with Crippen molar-refractivity contribution >= 4 is 23.2 Å². The third-order valence-electron chi connectivity index (χ3n) is 3.54. The topological polar surface area (TPSA) is 93.2 Å². The summed E-state index contributed by atoms with van der Waals surface area (Å²) in [5.41, 5.74) is 1.83. The third-order valence-corrected chi connectivity index (χ3v) is 3.54. The van der Waals surface area contributed by atoms with Gasteiger partial charge in [-0.3, -0.25) is 19.6 Å². The Bertz CT molecular complexity index is 843. The largest absolute Gasteiger partial charge is 0.497 e. The highest BCUT2D eigenvalue weighted by molar-refractivity contribution is 6.09. The zero-order valence-electron chi connectivity index (χ0n) is 14.0. The van der Waals surface area contributed by atoms with Gasteiger partial charge in [-0.15, -0.1) is 0 Å². The molecule has 3 aromatic rings. The molecule has 7 heteroatoms. The Labute approximate surface area is 150 Å². The van der Waals surface area contributed by atoms with Crippen molar-refractivity contribution in [1.29, 1.82) is 0 Å². The number of aromatic nitrogens is 2. The van der Waals surface area contributed by atoms with Crippen LogP contribution in [-0.2, 0) is 0 Å². The first-order valence-corrected chi connectivity index (χ1v) is 7.77. The van der Waals surface area contributed by atoms with Gasteiger partial charge in [-0.05, 0) is 42.5 Å². The molecule has 0 spiro atoms. The van der Waals surface area contributed by atoms with Crippen molar-refractivity contribution in [3.8, 4) is 5.75 Å². The van der Waals surface area contributed by atoms with Crippen LogP contribution >= 0.6 is 0 Å². The van der Waals surface area contributed by atoms with Crippen molar-refractivity contribution in [2.75, 3.05) is 17.7 Å². The first-order chi connectivity index (χ1) is 12.7. The number of amides is 2. The summed E-state index contributed by atoms with van der Waals surface area (Å²) < 4.78 is 5.22. The number of rotatable bonds is 5. The Morgan fingerprint density at radius 1 is 0.769 bits per heavy atom. The number of anilines is 2. The molecule has 2 amide bonds. The summed E-state index contributed by atoms with van der Waals surface area (Å²) in [6.07, 6.45) is 6.31. The summed E-state index contributed by atoms with van der Waals surface area (Å²) in [6.45, 7) is 0. The maximum Gasteiger partial charge on any atom is 0.255 e. The molecule has 0 unspecified atom stereocenters. The summed E-state index contributed by atoms with van der Waals surface area (Å²) in [6, 6.07) is 11.4. The molecular weight excluding hydrogens is 332 g/mol. The molecule has 0 atom stereocenters. The first-order valence-electron chi connectivity index (χ1n) is 7.77. The van der Waals surface area contributed by atoms with Crippen molar-refractivity contribution in [3.63, 3.8) is 0 Å². The lowest BCUT2D eigenvalue weighted by molar-refractivity contribution is 0.102. The van der Waals surface area contributed by atoms with E-state index >= 15 is 0 Å². The van der Waals surface area contributed by atoms with E-state index in [9.17, 15) is 9.59 Å². The van der Waals surface area contributed by atoms with Crippen LogP contribution in [0.4, 0.5) is 11.4 Å². The van der Waals surface area contributed by atoms with Gasteiger partial charge in [-0.25, -0.2) is 0 Å². The molecule has 0 radical (unpaired) electrons. The average molecular weight is 348 g/mol. The minimum atomic E-state index is -0.354. The fraction of sp³-hybridized carbons (Fsp3) is 0.0526. The van der Waals surface area contributed by atoms with Crippen molar-refractivity contribution < 1.29 is 14.3 Å².